The molecule has 8 nitrogen and oxygen atoms in total. The van der Waals surface area contributed by atoms with Crippen LogP contribution in [0.5, 0.6) is 0 Å². The standard InChI is InChI=1S/C20H48N2O6Si2/c1-7-23-29(24-8-2,25-9-3)19-13-16-22(18-15-21)17-14-20-30(26-10-4,27-11-5)28-12-6/h7-21H2,1-6H3. The van der Waals surface area contributed by atoms with Gasteiger partial charge in [0.25, 0.3) is 0 Å². The largest absolute Gasteiger partial charge is 0.500 e. The Morgan fingerprint density at radius 1 is 0.533 bits per heavy atom. The summed E-state index contributed by atoms with van der Waals surface area (Å²) in [5, 5.41) is 0. The van der Waals surface area contributed by atoms with Crippen molar-refractivity contribution in [2.75, 3.05) is 65.8 Å². The summed E-state index contributed by atoms with van der Waals surface area (Å²) in [6, 6.07) is 1.64. The molecule has 0 amide bonds. The number of hydrogen-bond donors (Lipinski definition) is 1. The van der Waals surface area contributed by atoms with Gasteiger partial charge in [0, 0.05) is 64.8 Å². The van der Waals surface area contributed by atoms with Gasteiger partial charge in [-0.15, -0.1) is 0 Å². The Bertz CT molecular complexity index is 330. The smallest absolute Gasteiger partial charge is 0.374 e. The van der Waals surface area contributed by atoms with Crippen LogP contribution in [0.2, 0.25) is 12.1 Å². The lowest BCUT2D eigenvalue weighted by molar-refractivity contribution is 0.0693. The van der Waals surface area contributed by atoms with E-state index in [0.717, 1.165) is 44.6 Å². The van der Waals surface area contributed by atoms with Crippen LogP contribution in [0.4, 0.5) is 0 Å². The number of hydrogen-bond acceptors (Lipinski definition) is 8. The van der Waals surface area contributed by atoms with Gasteiger partial charge in [0.05, 0.1) is 0 Å². The second kappa shape index (κ2) is 18.7. The lowest BCUT2D eigenvalue weighted by Gasteiger charge is -2.31. The average Bonchev–Trinajstić information content (AvgIpc) is 2.69. The molecule has 0 radical (unpaired) electrons. The van der Waals surface area contributed by atoms with Crippen LogP contribution in [0.15, 0.2) is 0 Å². The molecular weight excluding hydrogens is 420 g/mol. The van der Waals surface area contributed by atoms with Crippen molar-refractivity contribution in [2.45, 2.75) is 66.5 Å². The Kier molecular flexibility index (Phi) is 18.7. The first kappa shape index (κ1) is 30.1. The molecule has 0 aliphatic carbocycles. The van der Waals surface area contributed by atoms with E-state index in [9.17, 15) is 0 Å². The van der Waals surface area contributed by atoms with Crippen LogP contribution in [0.25, 0.3) is 0 Å². The van der Waals surface area contributed by atoms with Gasteiger partial charge in [-0.05, 0) is 67.5 Å². The third kappa shape index (κ3) is 12.2. The van der Waals surface area contributed by atoms with E-state index in [0.29, 0.717) is 46.2 Å². The van der Waals surface area contributed by atoms with Gasteiger partial charge in [-0.2, -0.15) is 0 Å². The summed E-state index contributed by atoms with van der Waals surface area (Å²) in [6.45, 7) is 19.0. The molecule has 0 heterocycles. The first-order valence-electron chi connectivity index (χ1n) is 11.8. The molecule has 0 aliphatic rings. The van der Waals surface area contributed by atoms with Gasteiger partial charge >= 0.3 is 17.6 Å². The average molecular weight is 469 g/mol. The molecule has 0 atom stereocenters. The van der Waals surface area contributed by atoms with E-state index in [2.05, 4.69) is 4.90 Å². The molecule has 0 aromatic heterocycles. The molecule has 0 unspecified atom stereocenters. The second-order valence-corrected chi connectivity index (χ2v) is 12.3. The van der Waals surface area contributed by atoms with Crippen molar-refractivity contribution in [2.24, 2.45) is 5.73 Å². The van der Waals surface area contributed by atoms with Crippen LogP contribution in [0.1, 0.15) is 54.4 Å². The summed E-state index contributed by atoms with van der Waals surface area (Å²) in [7, 11) is -5.18. The van der Waals surface area contributed by atoms with Gasteiger partial charge in [0.2, 0.25) is 0 Å². The summed E-state index contributed by atoms with van der Waals surface area (Å²) < 4.78 is 35.8. The maximum absolute atomic E-state index is 5.97. The van der Waals surface area contributed by atoms with Crippen molar-refractivity contribution in [3.63, 3.8) is 0 Å². The predicted molar refractivity (Wildman–Crippen MR) is 126 cm³/mol. The van der Waals surface area contributed by atoms with Crippen molar-refractivity contribution in [1.29, 1.82) is 0 Å². The number of nitrogens with two attached hydrogens (primary N) is 1. The highest BCUT2D eigenvalue weighted by molar-refractivity contribution is 6.61. The summed E-state index contributed by atoms with van der Waals surface area (Å²) in [5.41, 5.74) is 5.86. The van der Waals surface area contributed by atoms with Crippen LogP contribution >= 0.6 is 0 Å². The van der Waals surface area contributed by atoms with Gasteiger partial charge in [0.1, 0.15) is 0 Å². The molecule has 30 heavy (non-hydrogen) atoms. The predicted octanol–water partition coefficient (Wildman–Crippen LogP) is 3.12. The Labute approximate surface area is 187 Å². The Morgan fingerprint density at radius 3 is 1.07 bits per heavy atom. The molecule has 10 heteroatoms. The molecular formula is C20H48N2O6Si2. The quantitative estimate of drug-likeness (QED) is 0.243. The lowest BCUT2D eigenvalue weighted by Crippen LogP contribution is -2.47. The first-order chi connectivity index (χ1) is 14.5. The topological polar surface area (TPSA) is 84.6 Å². The van der Waals surface area contributed by atoms with E-state index in [1.54, 1.807) is 0 Å². The minimum absolute atomic E-state index is 0.609. The van der Waals surface area contributed by atoms with E-state index < -0.39 is 17.6 Å². The van der Waals surface area contributed by atoms with Crippen LogP contribution < -0.4 is 5.73 Å². The van der Waals surface area contributed by atoms with Gasteiger partial charge < -0.3 is 37.2 Å². The molecule has 0 saturated heterocycles. The summed E-state index contributed by atoms with van der Waals surface area (Å²) >= 11 is 0. The highest BCUT2D eigenvalue weighted by Gasteiger charge is 2.41. The van der Waals surface area contributed by atoms with Crippen molar-refractivity contribution < 1.29 is 26.6 Å². The first-order valence-corrected chi connectivity index (χ1v) is 15.6. The van der Waals surface area contributed by atoms with E-state index >= 15 is 0 Å². The molecule has 2 N–H and O–H groups in total. The maximum atomic E-state index is 5.97. The Hall–Kier alpha value is 0.114. The molecule has 0 saturated carbocycles. The number of nitrogens with zero attached hydrogens (tertiary/aromatic N) is 1. The monoisotopic (exact) mass is 468 g/mol. The van der Waals surface area contributed by atoms with Gasteiger partial charge in [0.15, 0.2) is 0 Å². The fraction of sp³-hybridized carbons (Fsp3) is 1.00. The zero-order chi connectivity index (χ0) is 22.7. The van der Waals surface area contributed by atoms with Gasteiger partial charge in [-0.3, -0.25) is 0 Å². The van der Waals surface area contributed by atoms with Crippen molar-refractivity contribution in [3.05, 3.63) is 0 Å². The molecule has 0 aromatic carbocycles. The van der Waals surface area contributed by atoms with E-state index in [4.69, 9.17) is 32.3 Å². The second-order valence-electron chi connectivity index (χ2n) is 6.80. The van der Waals surface area contributed by atoms with Crippen LogP contribution in [-0.4, -0.2) is 88.3 Å². The van der Waals surface area contributed by atoms with Crippen molar-refractivity contribution >= 4 is 17.6 Å². The SMILES string of the molecule is CCO[Si](CCCN(CCN)CCC[Si](OCC)(OCC)OCC)(OCC)OCC. The van der Waals surface area contributed by atoms with Gasteiger partial charge in [-0.25, -0.2) is 0 Å². The fourth-order valence-electron chi connectivity index (χ4n) is 3.56. The fourth-order valence-corrected chi connectivity index (χ4v) is 8.75. The van der Waals surface area contributed by atoms with Crippen molar-refractivity contribution in [1.82, 2.24) is 4.90 Å². The summed E-state index contributed by atoms with van der Waals surface area (Å²) in [4.78, 5) is 2.39. The van der Waals surface area contributed by atoms with E-state index in [1.807, 2.05) is 41.5 Å². The Balaban J connectivity index is 4.77. The molecule has 0 spiro atoms. The minimum atomic E-state index is -2.59. The van der Waals surface area contributed by atoms with Crippen LogP contribution in [0.3, 0.4) is 0 Å². The molecule has 0 fully saturated rings. The minimum Gasteiger partial charge on any atom is -0.374 e. The van der Waals surface area contributed by atoms with Crippen LogP contribution in [-0.2, 0) is 26.6 Å². The highest BCUT2D eigenvalue weighted by atomic mass is 28.4. The van der Waals surface area contributed by atoms with E-state index in [-0.39, 0.29) is 0 Å². The third-order valence-corrected chi connectivity index (χ3v) is 10.8. The molecule has 0 aliphatic heterocycles. The summed E-state index contributed by atoms with van der Waals surface area (Å²) in [5.74, 6) is 0. The zero-order valence-electron chi connectivity index (χ0n) is 20.4. The third-order valence-electron chi connectivity index (χ3n) is 4.55. The maximum Gasteiger partial charge on any atom is 0.500 e. The van der Waals surface area contributed by atoms with E-state index in [1.165, 1.54) is 0 Å². The van der Waals surface area contributed by atoms with Crippen LogP contribution in [0, 0.1) is 0 Å². The zero-order valence-corrected chi connectivity index (χ0v) is 22.4. The number of rotatable bonds is 22. The Morgan fingerprint density at radius 2 is 0.833 bits per heavy atom. The molecule has 0 aromatic rings. The lowest BCUT2D eigenvalue weighted by atomic mass is 10.3. The van der Waals surface area contributed by atoms with Crippen molar-refractivity contribution in [3.8, 4) is 0 Å². The normalized spacial score (nSPS) is 12.8. The van der Waals surface area contributed by atoms with Gasteiger partial charge in [-0.1, -0.05) is 0 Å². The molecule has 0 bridgehead atoms. The summed E-state index contributed by atoms with van der Waals surface area (Å²) in [6.07, 6.45) is 1.91. The molecule has 182 valence electrons. The highest BCUT2D eigenvalue weighted by Crippen LogP contribution is 2.20. The molecule has 0 rings (SSSR count).